The minimum absolute atomic E-state index is 0.0495. The Morgan fingerprint density at radius 2 is 1.16 bits per heavy atom. The maximum atomic E-state index is 12.1. The third-order valence-corrected chi connectivity index (χ3v) is 8.52. The predicted molar refractivity (Wildman–Crippen MR) is 110 cm³/mol. The van der Waals surface area contributed by atoms with Crippen molar-refractivity contribution in [3.05, 3.63) is 103 Å². The molecule has 25 heavy (non-hydrogen) atoms. The molecule has 2 heteroatoms. The summed E-state index contributed by atoms with van der Waals surface area (Å²) in [4.78, 5) is 12.1. The van der Waals surface area contributed by atoms with Crippen LogP contribution in [0.5, 0.6) is 0 Å². The van der Waals surface area contributed by atoms with Gasteiger partial charge in [0, 0.05) is 5.56 Å². The highest BCUT2D eigenvalue weighted by Crippen LogP contribution is 2.51. The molecule has 0 saturated carbocycles. The fourth-order valence-electron chi connectivity index (χ4n) is 3.07. The average Bonchev–Trinajstić information content (AvgIpc) is 2.69. The fourth-order valence-corrected chi connectivity index (χ4v) is 6.25. The summed E-state index contributed by atoms with van der Waals surface area (Å²) in [5.74, 6) is 0.0495. The summed E-state index contributed by atoms with van der Waals surface area (Å²) in [5.41, 5.74) is 0.731. The summed E-state index contributed by atoms with van der Waals surface area (Å²) < 4.78 is 0. The summed E-state index contributed by atoms with van der Waals surface area (Å²) in [7, 11) is -1.72. The predicted octanol–water partition coefficient (Wildman–Crippen LogP) is 4.37. The lowest BCUT2D eigenvalue weighted by atomic mass is 10.1. The van der Waals surface area contributed by atoms with Crippen molar-refractivity contribution in [3.63, 3.8) is 0 Å². The van der Waals surface area contributed by atoms with Gasteiger partial charge in [-0.3, -0.25) is 4.79 Å². The normalized spacial score (nSPS) is 11.6. The molecule has 0 atom stereocenters. The van der Waals surface area contributed by atoms with Crippen molar-refractivity contribution in [1.29, 1.82) is 0 Å². The monoisotopic (exact) mass is 345 g/mol. The van der Waals surface area contributed by atoms with Gasteiger partial charge in [0.25, 0.3) is 0 Å². The molecule has 3 aromatic carbocycles. The van der Waals surface area contributed by atoms with Crippen LogP contribution in [0.2, 0.25) is 0 Å². The van der Waals surface area contributed by atoms with E-state index in [4.69, 9.17) is 0 Å². The van der Waals surface area contributed by atoms with Gasteiger partial charge >= 0.3 is 0 Å². The Labute approximate surface area is 150 Å². The molecule has 1 nitrogen and oxygen atoms in total. The molecule has 0 fully saturated rings. The van der Waals surface area contributed by atoms with Crippen LogP contribution in [-0.2, 0) is 0 Å². The Morgan fingerprint density at radius 1 is 0.720 bits per heavy atom. The van der Waals surface area contributed by atoms with E-state index >= 15 is 0 Å². The highest BCUT2D eigenvalue weighted by molar-refractivity contribution is 7.95. The Bertz CT molecular complexity index is 825. The van der Waals surface area contributed by atoms with Crippen LogP contribution in [-0.4, -0.2) is 12.4 Å². The average molecular weight is 345 g/mol. The molecule has 3 aromatic rings. The van der Waals surface area contributed by atoms with Crippen LogP contribution in [0.1, 0.15) is 17.3 Å². The third kappa shape index (κ3) is 3.48. The summed E-state index contributed by atoms with van der Waals surface area (Å²) >= 11 is 0. The lowest BCUT2D eigenvalue weighted by Gasteiger charge is -2.23. The molecule has 0 radical (unpaired) electrons. The Balaban J connectivity index is 2.12. The van der Waals surface area contributed by atoms with E-state index in [1.165, 1.54) is 15.9 Å². The van der Waals surface area contributed by atoms with E-state index in [9.17, 15) is 4.79 Å². The molecule has 0 aromatic heterocycles. The highest BCUT2D eigenvalue weighted by Gasteiger charge is 2.39. The van der Waals surface area contributed by atoms with Gasteiger partial charge < -0.3 is 0 Å². The molecule has 0 N–H and O–H groups in total. The van der Waals surface area contributed by atoms with Crippen LogP contribution in [0, 0.1) is 0 Å². The SMILES string of the molecule is C/C=C/C(=O)c1ccc([P+](C)(c2ccccc2)c2ccccc2)cc1. The van der Waals surface area contributed by atoms with E-state index in [-0.39, 0.29) is 5.78 Å². The molecule has 0 unspecified atom stereocenters. The number of carbonyl (C=O) groups excluding carboxylic acids is 1. The molecule has 124 valence electrons. The largest absolute Gasteiger partial charge is 0.289 e. The number of rotatable bonds is 5. The molecule has 0 aliphatic heterocycles. The van der Waals surface area contributed by atoms with Crippen molar-refractivity contribution >= 4 is 29.0 Å². The van der Waals surface area contributed by atoms with Gasteiger partial charge in [-0.2, -0.15) is 0 Å². The molecule has 0 aliphatic rings. The maximum absolute atomic E-state index is 12.1. The van der Waals surface area contributed by atoms with Crippen molar-refractivity contribution in [2.24, 2.45) is 0 Å². The van der Waals surface area contributed by atoms with E-state index in [0.717, 1.165) is 5.56 Å². The van der Waals surface area contributed by atoms with Crippen LogP contribution in [0.3, 0.4) is 0 Å². The minimum atomic E-state index is -1.72. The van der Waals surface area contributed by atoms with Crippen LogP contribution in [0.15, 0.2) is 97.1 Å². The van der Waals surface area contributed by atoms with Crippen molar-refractivity contribution in [2.45, 2.75) is 6.92 Å². The third-order valence-electron chi connectivity index (χ3n) is 4.53. The Morgan fingerprint density at radius 3 is 1.60 bits per heavy atom. The van der Waals surface area contributed by atoms with Crippen LogP contribution >= 0.6 is 7.26 Å². The lowest BCUT2D eigenvalue weighted by molar-refractivity contribution is 0.104. The minimum Gasteiger partial charge on any atom is -0.289 e. The van der Waals surface area contributed by atoms with E-state index in [2.05, 4.69) is 79.5 Å². The first-order valence-electron chi connectivity index (χ1n) is 8.41. The quantitative estimate of drug-likeness (QED) is 0.381. The first-order chi connectivity index (χ1) is 12.2. The summed E-state index contributed by atoms with van der Waals surface area (Å²) in [6.45, 7) is 4.21. The van der Waals surface area contributed by atoms with E-state index in [0.29, 0.717) is 0 Å². The van der Waals surface area contributed by atoms with Crippen LogP contribution < -0.4 is 15.9 Å². The van der Waals surface area contributed by atoms with Crippen molar-refractivity contribution in [2.75, 3.05) is 6.66 Å². The smallest absolute Gasteiger partial charge is 0.185 e. The first-order valence-corrected chi connectivity index (χ1v) is 10.7. The Hall–Kier alpha value is -2.50. The van der Waals surface area contributed by atoms with Crippen molar-refractivity contribution in [1.82, 2.24) is 0 Å². The topological polar surface area (TPSA) is 17.1 Å². The van der Waals surface area contributed by atoms with Gasteiger partial charge in [-0.05, 0) is 61.5 Å². The van der Waals surface area contributed by atoms with Gasteiger partial charge in [-0.25, -0.2) is 0 Å². The zero-order chi connectivity index (χ0) is 17.7. The number of ketones is 1. The first kappa shape index (κ1) is 17.3. The highest BCUT2D eigenvalue weighted by atomic mass is 31.2. The van der Waals surface area contributed by atoms with Gasteiger partial charge in [0.1, 0.15) is 23.2 Å². The van der Waals surface area contributed by atoms with E-state index in [1.807, 2.05) is 19.1 Å². The molecule has 0 aliphatic carbocycles. The van der Waals surface area contributed by atoms with Gasteiger partial charge in [-0.1, -0.05) is 42.5 Å². The van der Waals surface area contributed by atoms with Gasteiger partial charge in [0.2, 0.25) is 0 Å². The molecule has 0 amide bonds. The standard InChI is InChI=1S/C23H22OP/c1-3-10-23(24)19-15-17-22(18-16-19)25(2,20-11-6-4-7-12-20)21-13-8-5-9-14-21/h3-18H,1-2H3/q+1/b10-3+. The summed E-state index contributed by atoms with van der Waals surface area (Å²) in [6.07, 6.45) is 3.39. The molecule has 0 spiro atoms. The number of carbonyl (C=O) groups is 1. The number of benzene rings is 3. The molecular weight excluding hydrogens is 323 g/mol. The molecular formula is C23H22OP+. The summed E-state index contributed by atoms with van der Waals surface area (Å²) in [6, 6.07) is 29.5. The fraction of sp³-hybridized carbons (Fsp3) is 0.0870. The van der Waals surface area contributed by atoms with E-state index < -0.39 is 7.26 Å². The van der Waals surface area contributed by atoms with Gasteiger partial charge in [-0.15, -0.1) is 0 Å². The second-order valence-electron chi connectivity index (χ2n) is 6.09. The number of hydrogen-bond donors (Lipinski definition) is 0. The van der Waals surface area contributed by atoms with Crippen LogP contribution in [0.25, 0.3) is 0 Å². The lowest BCUT2D eigenvalue weighted by Crippen LogP contribution is -2.30. The number of allylic oxidation sites excluding steroid dienone is 2. The zero-order valence-electron chi connectivity index (χ0n) is 14.6. The second-order valence-corrected chi connectivity index (χ2v) is 9.65. The molecule has 3 rings (SSSR count). The molecule has 0 saturated heterocycles. The molecule has 0 heterocycles. The maximum Gasteiger partial charge on any atom is 0.185 e. The van der Waals surface area contributed by atoms with E-state index in [1.54, 1.807) is 12.2 Å². The molecule has 0 bridgehead atoms. The van der Waals surface area contributed by atoms with Crippen molar-refractivity contribution < 1.29 is 4.79 Å². The number of hydrogen-bond acceptors (Lipinski definition) is 1. The van der Waals surface area contributed by atoms with Crippen molar-refractivity contribution in [3.8, 4) is 0 Å². The van der Waals surface area contributed by atoms with Gasteiger partial charge in [0.15, 0.2) is 5.78 Å². The summed E-state index contributed by atoms with van der Waals surface area (Å²) in [5, 5.41) is 3.96. The Kier molecular flexibility index (Phi) is 5.26. The van der Waals surface area contributed by atoms with Crippen LogP contribution in [0.4, 0.5) is 0 Å². The zero-order valence-corrected chi connectivity index (χ0v) is 15.5. The second kappa shape index (κ2) is 7.59. The van der Waals surface area contributed by atoms with Gasteiger partial charge in [0.05, 0.1) is 6.66 Å².